The van der Waals surface area contributed by atoms with Gasteiger partial charge in [0.1, 0.15) is 6.61 Å². The Morgan fingerprint density at radius 1 is 1.03 bits per heavy atom. The Bertz CT molecular complexity index is 1170. The van der Waals surface area contributed by atoms with E-state index < -0.39 is 0 Å². The van der Waals surface area contributed by atoms with Gasteiger partial charge in [0.25, 0.3) is 0 Å². The molecule has 3 aromatic carbocycles. The highest BCUT2D eigenvalue weighted by Crippen LogP contribution is 2.52. The topological polar surface area (TPSA) is 30.5 Å². The highest BCUT2D eigenvalue weighted by atomic mass is 79.9. The van der Waals surface area contributed by atoms with Crippen LogP contribution in [0.1, 0.15) is 46.2 Å². The van der Waals surface area contributed by atoms with E-state index >= 15 is 0 Å². The van der Waals surface area contributed by atoms with Crippen LogP contribution in [-0.2, 0) is 6.61 Å². The van der Waals surface area contributed by atoms with Gasteiger partial charge in [0.2, 0.25) is 0 Å². The van der Waals surface area contributed by atoms with Gasteiger partial charge in [-0.3, -0.25) is 0 Å². The first-order chi connectivity index (χ1) is 15.6. The van der Waals surface area contributed by atoms with E-state index in [1.165, 1.54) is 27.9 Å². The van der Waals surface area contributed by atoms with E-state index in [1.807, 2.05) is 18.2 Å². The molecule has 0 amide bonds. The monoisotopic (exact) mass is 489 g/mol. The van der Waals surface area contributed by atoms with Crippen molar-refractivity contribution < 1.29 is 9.47 Å². The number of aryl methyl sites for hydroxylation is 2. The number of nitrogens with one attached hydrogen (secondary N) is 1. The number of hydrogen-bond acceptors (Lipinski definition) is 3. The summed E-state index contributed by atoms with van der Waals surface area (Å²) in [6.45, 7) is 4.91. The van der Waals surface area contributed by atoms with Gasteiger partial charge in [0.15, 0.2) is 11.5 Å². The molecule has 0 fully saturated rings. The Labute approximate surface area is 198 Å². The minimum absolute atomic E-state index is 0.205. The van der Waals surface area contributed by atoms with Crippen LogP contribution < -0.4 is 14.8 Å². The van der Waals surface area contributed by atoms with Crippen LogP contribution in [0.15, 0.2) is 71.2 Å². The van der Waals surface area contributed by atoms with Crippen LogP contribution in [-0.4, -0.2) is 7.11 Å². The standard InChI is InChI=1S/C28H28BrNO2/c1-17-12-13-18(2)26-25(17)21-10-7-11-22(21)27(30-26)20-14-23(29)28(24(15-20)31-3)32-16-19-8-5-4-6-9-19/h4-10,12-15,21-22,27,30H,11,16H2,1-3H3/t21-,22+,27+/m1/s1. The number of methoxy groups -OCH3 is 1. The van der Waals surface area contributed by atoms with Crippen molar-refractivity contribution in [2.45, 2.75) is 38.8 Å². The van der Waals surface area contributed by atoms with E-state index in [2.05, 4.69) is 83.6 Å². The van der Waals surface area contributed by atoms with Crippen LogP contribution in [0.2, 0.25) is 0 Å². The predicted octanol–water partition coefficient (Wildman–Crippen LogP) is 7.48. The van der Waals surface area contributed by atoms with Crippen LogP contribution >= 0.6 is 15.9 Å². The second-order valence-electron chi connectivity index (χ2n) is 8.77. The zero-order valence-electron chi connectivity index (χ0n) is 18.7. The van der Waals surface area contributed by atoms with Crippen molar-refractivity contribution >= 4 is 21.6 Å². The molecule has 1 aliphatic carbocycles. The van der Waals surface area contributed by atoms with Gasteiger partial charge in [-0.1, -0.05) is 54.6 Å². The van der Waals surface area contributed by atoms with Crippen molar-refractivity contribution in [3.63, 3.8) is 0 Å². The first-order valence-corrected chi connectivity index (χ1v) is 11.9. The number of rotatable bonds is 5. The summed E-state index contributed by atoms with van der Waals surface area (Å²) >= 11 is 3.76. The van der Waals surface area contributed by atoms with Crippen molar-refractivity contribution in [3.05, 3.63) is 99.0 Å². The van der Waals surface area contributed by atoms with Crippen LogP contribution in [0.3, 0.4) is 0 Å². The molecule has 0 spiro atoms. The van der Waals surface area contributed by atoms with E-state index in [9.17, 15) is 0 Å². The summed E-state index contributed by atoms with van der Waals surface area (Å²) in [5.41, 5.74) is 7.73. The second kappa shape index (κ2) is 8.67. The lowest BCUT2D eigenvalue weighted by atomic mass is 9.75. The maximum Gasteiger partial charge on any atom is 0.175 e. The minimum Gasteiger partial charge on any atom is -0.493 e. The third kappa shape index (κ3) is 3.71. The second-order valence-corrected chi connectivity index (χ2v) is 9.63. The van der Waals surface area contributed by atoms with E-state index in [0.29, 0.717) is 18.4 Å². The first-order valence-electron chi connectivity index (χ1n) is 11.1. The van der Waals surface area contributed by atoms with E-state index in [0.717, 1.165) is 28.0 Å². The lowest BCUT2D eigenvalue weighted by Gasteiger charge is -2.39. The van der Waals surface area contributed by atoms with Gasteiger partial charge in [-0.15, -0.1) is 0 Å². The van der Waals surface area contributed by atoms with Gasteiger partial charge in [0, 0.05) is 11.6 Å². The zero-order chi connectivity index (χ0) is 22.2. The Morgan fingerprint density at radius 3 is 2.59 bits per heavy atom. The number of ether oxygens (including phenoxy) is 2. The Hall–Kier alpha value is -2.72. The van der Waals surface area contributed by atoms with Gasteiger partial charge in [0.05, 0.1) is 17.6 Å². The van der Waals surface area contributed by atoms with Crippen molar-refractivity contribution in [1.29, 1.82) is 0 Å². The highest BCUT2D eigenvalue weighted by Gasteiger charge is 2.39. The SMILES string of the molecule is COc1cc([C@@H]2Nc3c(C)ccc(C)c3[C@@H]3C=CC[C@@H]32)cc(Br)c1OCc1ccccc1. The maximum atomic E-state index is 6.16. The first kappa shape index (κ1) is 21.1. The minimum atomic E-state index is 0.205. The number of halogens is 1. The van der Waals surface area contributed by atoms with Crippen LogP contribution in [0.25, 0.3) is 0 Å². The fraction of sp³-hybridized carbons (Fsp3) is 0.286. The quantitative estimate of drug-likeness (QED) is 0.376. The lowest BCUT2D eigenvalue weighted by molar-refractivity contribution is 0.282. The number of hydrogen-bond donors (Lipinski definition) is 1. The Morgan fingerprint density at radius 2 is 1.81 bits per heavy atom. The van der Waals surface area contributed by atoms with Crippen molar-refractivity contribution in [1.82, 2.24) is 0 Å². The summed E-state index contributed by atoms with van der Waals surface area (Å²) in [7, 11) is 1.71. The largest absolute Gasteiger partial charge is 0.493 e. The van der Waals surface area contributed by atoms with Crippen LogP contribution in [0, 0.1) is 19.8 Å². The molecule has 1 N–H and O–H groups in total. The van der Waals surface area contributed by atoms with Gasteiger partial charge < -0.3 is 14.8 Å². The predicted molar refractivity (Wildman–Crippen MR) is 134 cm³/mol. The number of fused-ring (bicyclic) bond motifs is 3. The molecule has 164 valence electrons. The molecule has 0 saturated carbocycles. The molecule has 3 nitrogen and oxygen atoms in total. The molecule has 0 unspecified atom stereocenters. The number of benzene rings is 3. The smallest absolute Gasteiger partial charge is 0.175 e. The molecule has 3 aromatic rings. The van der Waals surface area contributed by atoms with Gasteiger partial charge in [-0.25, -0.2) is 0 Å². The fourth-order valence-corrected chi connectivity index (χ4v) is 5.74. The summed E-state index contributed by atoms with van der Waals surface area (Å²) < 4.78 is 12.8. The summed E-state index contributed by atoms with van der Waals surface area (Å²) in [6.07, 6.45) is 5.80. The van der Waals surface area contributed by atoms with Gasteiger partial charge in [-0.2, -0.15) is 0 Å². The average molecular weight is 490 g/mol. The van der Waals surface area contributed by atoms with E-state index in [4.69, 9.17) is 9.47 Å². The molecule has 1 heterocycles. The van der Waals surface area contributed by atoms with Crippen molar-refractivity contribution in [3.8, 4) is 11.5 Å². The molecular weight excluding hydrogens is 462 g/mol. The molecule has 3 atom stereocenters. The molecule has 0 bridgehead atoms. The Balaban J connectivity index is 1.49. The van der Waals surface area contributed by atoms with Crippen molar-refractivity contribution in [2.24, 2.45) is 5.92 Å². The zero-order valence-corrected chi connectivity index (χ0v) is 20.3. The summed E-state index contributed by atoms with van der Waals surface area (Å²) in [4.78, 5) is 0. The molecule has 0 aromatic heterocycles. The third-order valence-corrected chi connectivity index (χ3v) is 7.37. The molecular formula is C28H28BrNO2. The third-order valence-electron chi connectivity index (χ3n) is 6.78. The molecule has 2 aliphatic rings. The van der Waals surface area contributed by atoms with Crippen LogP contribution in [0.4, 0.5) is 5.69 Å². The Kier molecular flexibility index (Phi) is 5.73. The lowest BCUT2D eigenvalue weighted by Crippen LogP contribution is -2.30. The summed E-state index contributed by atoms with van der Waals surface area (Å²) in [5, 5.41) is 3.89. The normalized spacial score (nSPS) is 20.9. The molecule has 1 aliphatic heterocycles. The van der Waals surface area contributed by atoms with E-state index in [1.54, 1.807) is 7.11 Å². The fourth-order valence-electron chi connectivity index (χ4n) is 5.16. The van der Waals surface area contributed by atoms with Gasteiger partial charge in [-0.05, 0) is 82.1 Å². The molecule has 32 heavy (non-hydrogen) atoms. The summed E-state index contributed by atoms with van der Waals surface area (Å²) in [5.74, 6) is 2.41. The number of anilines is 1. The molecule has 0 saturated heterocycles. The maximum absolute atomic E-state index is 6.16. The summed E-state index contributed by atoms with van der Waals surface area (Å²) in [6, 6.07) is 19.2. The molecule has 0 radical (unpaired) electrons. The average Bonchev–Trinajstić information content (AvgIpc) is 3.30. The number of allylic oxidation sites excluding steroid dienone is 2. The molecule has 5 rings (SSSR count). The molecule has 4 heteroatoms. The van der Waals surface area contributed by atoms with Gasteiger partial charge >= 0.3 is 0 Å². The van der Waals surface area contributed by atoms with E-state index in [-0.39, 0.29) is 6.04 Å². The van der Waals surface area contributed by atoms with Crippen LogP contribution in [0.5, 0.6) is 11.5 Å². The highest BCUT2D eigenvalue weighted by molar-refractivity contribution is 9.10. The van der Waals surface area contributed by atoms with Crippen molar-refractivity contribution in [2.75, 3.05) is 12.4 Å².